The smallest absolute Gasteiger partial charge is 0.318 e. The summed E-state index contributed by atoms with van der Waals surface area (Å²) in [5, 5.41) is 6.24. The summed E-state index contributed by atoms with van der Waals surface area (Å²) in [7, 11) is 2.83. The first-order valence-electron chi connectivity index (χ1n) is 6.89. The molecule has 0 aliphatic rings. The Morgan fingerprint density at radius 2 is 2.17 bits per heavy atom. The van der Waals surface area contributed by atoms with Crippen LogP contribution in [-0.2, 0) is 16.2 Å². The number of likely N-dealkylation sites (N-methyl/N-ethyl adjacent to an activating group) is 1. The lowest BCUT2D eigenvalue weighted by molar-refractivity contribution is -0.114. The van der Waals surface area contributed by atoms with Crippen LogP contribution in [0.1, 0.15) is 11.1 Å². The zero-order valence-electron chi connectivity index (χ0n) is 13.1. The van der Waals surface area contributed by atoms with Gasteiger partial charge in [-0.2, -0.15) is 4.98 Å². The summed E-state index contributed by atoms with van der Waals surface area (Å²) in [5.74, 6) is -1.44. The number of carbonyl (C=O) groups excluding carboxylic acids is 1. The maximum absolute atomic E-state index is 13.1. The number of rotatable bonds is 6. The Morgan fingerprint density at radius 1 is 1.42 bits per heavy atom. The van der Waals surface area contributed by atoms with Crippen molar-refractivity contribution in [3.8, 4) is 6.01 Å². The van der Waals surface area contributed by atoms with Crippen molar-refractivity contribution in [1.29, 1.82) is 0 Å². The van der Waals surface area contributed by atoms with Crippen LogP contribution in [0.2, 0.25) is 0 Å². The Balaban J connectivity index is 2.26. The minimum absolute atomic E-state index is 0.0287. The number of benzene rings is 1. The molecule has 0 spiro atoms. The summed E-state index contributed by atoms with van der Waals surface area (Å²) >= 11 is 0. The van der Waals surface area contributed by atoms with E-state index in [0.717, 1.165) is 6.20 Å². The Morgan fingerprint density at radius 3 is 2.83 bits per heavy atom. The summed E-state index contributed by atoms with van der Waals surface area (Å²) in [6, 6.07) is 6.89. The second-order valence-electron chi connectivity index (χ2n) is 4.53. The van der Waals surface area contributed by atoms with E-state index in [0.29, 0.717) is 11.1 Å². The van der Waals surface area contributed by atoms with Gasteiger partial charge in [-0.05, 0) is 5.56 Å². The van der Waals surface area contributed by atoms with Crippen LogP contribution in [0.4, 0.5) is 10.2 Å². The molecule has 9 heteroatoms. The molecule has 0 saturated heterocycles. The van der Waals surface area contributed by atoms with E-state index in [1.807, 2.05) is 0 Å². The lowest BCUT2D eigenvalue weighted by atomic mass is 10.0. The van der Waals surface area contributed by atoms with E-state index in [1.54, 1.807) is 24.3 Å². The fourth-order valence-corrected chi connectivity index (χ4v) is 1.88. The normalized spacial score (nSPS) is 11.0. The number of halogens is 1. The van der Waals surface area contributed by atoms with Gasteiger partial charge in [-0.15, -0.1) is 0 Å². The molecule has 3 N–H and O–H groups in total. The van der Waals surface area contributed by atoms with E-state index in [-0.39, 0.29) is 24.1 Å². The molecule has 1 heterocycles. The topological polar surface area (TPSA) is 112 Å². The largest absolute Gasteiger partial charge is 0.459 e. The fraction of sp³-hybridized carbons (Fsp3) is 0.200. The number of hydrogen-bond acceptors (Lipinski definition) is 7. The average Bonchev–Trinajstić information content (AvgIpc) is 2.60. The zero-order valence-corrected chi connectivity index (χ0v) is 13.1. The Labute approximate surface area is 137 Å². The highest BCUT2D eigenvalue weighted by Gasteiger charge is 2.17. The highest BCUT2D eigenvalue weighted by molar-refractivity contribution is 6.45. The Hall–Kier alpha value is -3.23. The number of carbonyl (C=O) groups is 1. The van der Waals surface area contributed by atoms with E-state index in [2.05, 4.69) is 20.4 Å². The monoisotopic (exact) mass is 333 g/mol. The average molecular weight is 333 g/mol. The quantitative estimate of drug-likeness (QED) is 0.599. The molecule has 0 aliphatic heterocycles. The van der Waals surface area contributed by atoms with Crippen molar-refractivity contribution >= 4 is 17.4 Å². The van der Waals surface area contributed by atoms with Crippen LogP contribution >= 0.6 is 0 Å². The second kappa shape index (κ2) is 7.86. The molecule has 0 atom stereocenters. The molecule has 2 aromatic rings. The molecule has 1 amide bonds. The highest BCUT2D eigenvalue weighted by Crippen LogP contribution is 2.15. The summed E-state index contributed by atoms with van der Waals surface area (Å²) in [4.78, 5) is 24.1. The van der Waals surface area contributed by atoms with Crippen LogP contribution in [0, 0.1) is 5.82 Å². The van der Waals surface area contributed by atoms with Gasteiger partial charge in [0.25, 0.3) is 5.91 Å². The van der Waals surface area contributed by atoms with Gasteiger partial charge in [-0.3, -0.25) is 4.79 Å². The fourth-order valence-electron chi connectivity index (χ4n) is 1.88. The maximum Gasteiger partial charge on any atom is 0.318 e. The van der Waals surface area contributed by atoms with Gasteiger partial charge in [0.1, 0.15) is 13.7 Å². The van der Waals surface area contributed by atoms with Gasteiger partial charge < -0.3 is 20.6 Å². The van der Waals surface area contributed by atoms with Crippen LogP contribution < -0.4 is 15.8 Å². The zero-order chi connectivity index (χ0) is 17.5. The van der Waals surface area contributed by atoms with Crippen LogP contribution in [0.3, 0.4) is 0 Å². The van der Waals surface area contributed by atoms with E-state index in [4.69, 9.17) is 15.3 Å². The van der Waals surface area contributed by atoms with Crippen molar-refractivity contribution in [1.82, 2.24) is 15.3 Å². The van der Waals surface area contributed by atoms with Crippen LogP contribution in [0.25, 0.3) is 0 Å². The molecule has 0 fully saturated rings. The lowest BCUT2D eigenvalue weighted by Crippen LogP contribution is -2.29. The minimum Gasteiger partial charge on any atom is -0.459 e. The van der Waals surface area contributed by atoms with Crippen molar-refractivity contribution in [3.05, 3.63) is 47.4 Å². The van der Waals surface area contributed by atoms with Gasteiger partial charge >= 0.3 is 6.01 Å². The van der Waals surface area contributed by atoms with Crippen molar-refractivity contribution < 1.29 is 18.8 Å². The molecule has 126 valence electrons. The van der Waals surface area contributed by atoms with E-state index in [1.165, 1.54) is 14.2 Å². The number of oxime groups is 1. The molecule has 0 aliphatic carbocycles. The summed E-state index contributed by atoms with van der Waals surface area (Å²) in [6.45, 7) is 0.0287. The highest BCUT2D eigenvalue weighted by atomic mass is 19.1. The van der Waals surface area contributed by atoms with Gasteiger partial charge in [-0.25, -0.2) is 9.37 Å². The number of nitrogens with two attached hydrogens (primary N) is 1. The molecule has 0 radical (unpaired) electrons. The predicted molar refractivity (Wildman–Crippen MR) is 84.8 cm³/mol. The van der Waals surface area contributed by atoms with Gasteiger partial charge in [0.2, 0.25) is 0 Å². The number of anilines is 1. The number of hydrogen-bond donors (Lipinski definition) is 2. The van der Waals surface area contributed by atoms with Crippen LogP contribution in [0.15, 0.2) is 35.6 Å². The first kappa shape index (κ1) is 17.1. The third kappa shape index (κ3) is 3.94. The number of nitrogen functional groups attached to an aromatic ring is 1. The predicted octanol–water partition coefficient (Wildman–Crippen LogP) is 0.873. The van der Waals surface area contributed by atoms with Gasteiger partial charge in [0, 0.05) is 12.6 Å². The molecule has 24 heavy (non-hydrogen) atoms. The Kier molecular flexibility index (Phi) is 5.61. The SMILES string of the molecule is CNC(=O)C(=NOC)c1ccccc1COc1ncc(F)c(N)n1. The first-order chi connectivity index (χ1) is 11.6. The standard InChI is InChI=1S/C15H16FN5O3/c1-18-14(22)12(21-23-2)10-6-4-3-5-9(10)8-24-15-19-7-11(16)13(17)20-15/h3-7H,8H2,1-2H3,(H,18,22)(H2,17,19,20). The van der Waals surface area contributed by atoms with Crippen molar-refractivity contribution in [3.63, 3.8) is 0 Å². The summed E-state index contributed by atoms with van der Waals surface area (Å²) < 4.78 is 18.5. The first-order valence-corrected chi connectivity index (χ1v) is 6.89. The van der Waals surface area contributed by atoms with Crippen LogP contribution in [-0.4, -0.2) is 35.7 Å². The molecular formula is C15H16FN5O3. The molecule has 2 rings (SSSR count). The second-order valence-corrected chi connectivity index (χ2v) is 4.53. The number of ether oxygens (including phenoxy) is 1. The van der Waals surface area contributed by atoms with Gasteiger partial charge in [0.05, 0.1) is 6.20 Å². The van der Waals surface area contributed by atoms with E-state index < -0.39 is 11.7 Å². The molecule has 0 bridgehead atoms. The van der Waals surface area contributed by atoms with E-state index >= 15 is 0 Å². The van der Waals surface area contributed by atoms with Crippen molar-refractivity contribution in [2.45, 2.75) is 6.61 Å². The summed E-state index contributed by atoms with van der Waals surface area (Å²) in [5.41, 5.74) is 6.63. The van der Waals surface area contributed by atoms with Crippen molar-refractivity contribution in [2.75, 3.05) is 19.9 Å². The third-order valence-electron chi connectivity index (χ3n) is 3.00. The number of amides is 1. The molecular weight excluding hydrogens is 317 g/mol. The van der Waals surface area contributed by atoms with Gasteiger partial charge in [0.15, 0.2) is 17.3 Å². The minimum atomic E-state index is -0.725. The number of aromatic nitrogens is 2. The molecule has 0 saturated carbocycles. The molecule has 1 aromatic heterocycles. The van der Waals surface area contributed by atoms with Crippen LogP contribution in [0.5, 0.6) is 6.01 Å². The summed E-state index contributed by atoms with van der Waals surface area (Å²) in [6.07, 6.45) is 0.923. The Bertz CT molecular complexity index is 767. The third-order valence-corrected chi connectivity index (χ3v) is 3.00. The van der Waals surface area contributed by atoms with Crippen molar-refractivity contribution in [2.24, 2.45) is 5.16 Å². The lowest BCUT2D eigenvalue weighted by Gasteiger charge is -2.11. The van der Waals surface area contributed by atoms with E-state index in [9.17, 15) is 9.18 Å². The van der Waals surface area contributed by atoms with Gasteiger partial charge in [-0.1, -0.05) is 29.4 Å². The molecule has 1 aromatic carbocycles. The molecule has 0 unspecified atom stereocenters. The maximum atomic E-state index is 13.1. The number of nitrogens with zero attached hydrogens (tertiary/aromatic N) is 3. The number of nitrogens with one attached hydrogen (secondary N) is 1. The molecule has 8 nitrogen and oxygen atoms in total.